The summed E-state index contributed by atoms with van der Waals surface area (Å²) in [7, 11) is 0. The maximum absolute atomic E-state index is 12.3. The number of aromatic nitrogens is 2. The fourth-order valence-corrected chi connectivity index (χ4v) is 3.19. The molecule has 1 aliphatic heterocycles. The van der Waals surface area contributed by atoms with Crippen LogP contribution in [0.2, 0.25) is 0 Å². The molecule has 0 aliphatic carbocycles. The van der Waals surface area contributed by atoms with Gasteiger partial charge in [0.05, 0.1) is 5.69 Å². The predicted octanol–water partition coefficient (Wildman–Crippen LogP) is 1.56. The molecule has 5 nitrogen and oxygen atoms in total. The number of likely N-dealkylation sites (tertiary alicyclic amines) is 1. The van der Waals surface area contributed by atoms with E-state index in [1.54, 1.807) is 10.5 Å². The average Bonchev–Trinajstić information content (AvgIpc) is 2.44. The molecule has 0 radical (unpaired) electrons. The minimum absolute atomic E-state index is 0.0170. The van der Waals surface area contributed by atoms with E-state index in [2.05, 4.69) is 23.7 Å². The Morgan fingerprint density at radius 1 is 1.41 bits per heavy atom. The molecule has 0 bridgehead atoms. The molecule has 3 heterocycles. The largest absolute Gasteiger partial charge is 0.327 e. The van der Waals surface area contributed by atoms with Gasteiger partial charge in [-0.15, -0.1) is 0 Å². The van der Waals surface area contributed by atoms with E-state index in [0.29, 0.717) is 12.2 Å². The Kier molecular flexibility index (Phi) is 3.78. The van der Waals surface area contributed by atoms with Gasteiger partial charge in [0.25, 0.3) is 5.56 Å². The van der Waals surface area contributed by atoms with Gasteiger partial charge in [0.1, 0.15) is 5.65 Å². The van der Waals surface area contributed by atoms with Crippen LogP contribution >= 0.6 is 0 Å². The third kappa shape index (κ3) is 2.91. The maximum atomic E-state index is 12.3. The second kappa shape index (κ2) is 5.48. The standard InChI is InChI=1S/C17H24N4O/c1-12-4-5-15-19-13(8-16(22)21(15)9-12)10-20-7-6-14(18)17(2,3)11-20/h4-5,8-9,14H,6-7,10-11,18H2,1-3H3. The van der Waals surface area contributed by atoms with Crippen molar-refractivity contribution in [3.05, 3.63) is 46.0 Å². The Morgan fingerprint density at radius 2 is 2.18 bits per heavy atom. The third-order valence-electron chi connectivity index (χ3n) is 4.64. The van der Waals surface area contributed by atoms with Crippen LogP contribution in [0.15, 0.2) is 29.2 Å². The molecule has 2 aromatic heterocycles. The molecule has 1 atom stereocenters. The molecule has 2 aromatic rings. The van der Waals surface area contributed by atoms with Gasteiger partial charge in [-0.25, -0.2) is 4.98 Å². The summed E-state index contributed by atoms with van der Waals surface area (Å²) >= 11 is 0. The van der Waals surface area contributed by atoms with Crippen LogP contribution < -0.4 is 11.3 Å². The fourth-order valence-electron chi connectivity index (χ4n) is 3.19. The number of aryl methyl sites for hydroxylation is 1. The number of piperidine rings is 1. The highest BCUT2D eigenvalue weighted by Gasteiger charge is 2.33. The summed E-state index contributed by atoms with van der Waals surface area (Å²) in [5.74, 6) is 0. The number of fused-ring (bicyclic) bond motifs is 1. The molecule has 1 fully saturated rings. The summed E-state index contributed by atoms with van der Waals surface area (Å²) in [4.78, 5) is 19.2. The summed E-state index contributed by atoms with van der Waals surface area (Å²) < 4.78 is 1.61. The van der Waals surface area contributed by atoms with E-state index in [1.807, 2.05) is 25.3 Å². The van der Waals surface area contributed by atoms with Crippen molar-refractivity contribution < 1.29 is 0 Å². The summed E-state index contributed by atoms with van der Waals surface area (Å²) in [6, 6.07) is 5.76. The summed E-state index contributed by atoms with van der Waals surface area (Å²) in [6.07, 6.45) is 2.82. The minimum atomic E-state index is -0.0170. The van der Waals surface area contributed by atoms with Crippen LogP contribution in [0.5, 0.6) is 0 Å². The zero-order valence-electron chi connectivity index (χ0n) is 13.5. The van der Waals surface area contributed by atoms with Gasteiger partial charge in [0.2, 0.25) is 0 Å². The van der Waals surface area contributed by atoms with Crippen molar-refractivity contribution in [1.82, 2.24) is 14.3 Å². The molecule has 1 saturated heterocycles. The first-order valence-corrected chi connectivity index (χ1v) is 7.82. The molecule has 0 saturated carbocycles. The highest BCUT2D eigenvalue weighted by molar-refractivity contribution is 5.39. The zero-order valence-corrected chi connectivity index (χ0v) is 13.5. The molecule has 5 heteroatoms. The van der Waals surface area contributed by atoms with Crippen LogP contribution in [0, 0.1) is 12.3 Å². The molecule has 3 rings (SSSR count). The predicted molar refractivity (Wildman–Crippen MR) is 87.8 cm³/mol. The zero-order chi connectivity index (χ0) is 15.9. The molecule has 0 amide bonds. The highest BCUT2D eigenvalue weighted by atomic mass is 16.1. The Hall–Kier alpha value is -1.72. The van der Waals surface area contributed by atoms with E-state index in [4.69, 9.17) is 5.73 Å². The van der Waals surface area contributed by atoms with E-state index < -0.39 is 0 Å². The molecular weight excluding hydrogens is 276 g/mol. The first-order valence-electron chi connectivity index (χ1n) is 7.82. The number of pyridine rings is 1. The Labute approximate surface area is 130 Å². The third-order valence-corrected chi connectivity index (χ3v) is 4.64. The Morgan fingerprint density at radius 3 is 2.91 bits per heavy atom. The second-order valence-corrected chi connectivity index (χ2v) is 7.11. The molecule has 0 spiro atoms. The van der Waals surface area contributed by atoms with Crippen LogP contribution in [-0.2, 0) is 6.54 Å². The van der Waals surface area contributed by atoms with E-state index in [1.165, 1.54) is 0 Å². The smallest absolute Gasteiger partial charge is 0.258 e. The summed E-state index contributed by atoms with van der Waals surface area (Å²) in [5.41, 5.74) is 8.86. The number of rotatable bonds is 2. The van der Waals surface area contributed by atoms with Crippen molar-refractivity contribution in [2.24, 2.45) is 11.1 Å². The monoisotopic (exact) mass is 300 g/mol. The van der Waals surface area contributed by atoms with Crippen LogP contribution in [-0.4, -0.2) is 33.4 Å². The average molecular weight is 300 g/mol. The van der Waals surface area contributed by atoms with E-state index >= 15 is 0 Å². The van der Waals surface area contributed by atoms with Gasteiger partial charge in [-0.2, -0.15) is 0 Å². The SMILES string of the molecule is Cc1ccc2nc(CN3CCC(N)C(C)(C)C3)cc(=O)n2c1. The van der Waals surface area contributed by atoms with Gasteiger partial charge in [0.15, 0.2) is 0 Å². The molecule has 2 N–H and O–H groups in total. The maximum Gasteiger partial charge on any atom is 0.258 e. The topological polar surface area (TPSA) is 63.6 Å². The normalized spacial score (nSPS) is 22.1. The lowest BCUT2D eigenvalue weighted by Crippen LogP contribution is -2.52. The number of nitrogens with zero attached hydrogens (tertiary/aromatic N) is 3. The van der Waals surface area contributed by atoms with Gasteiger partial charge in [-0.3, -0.25) is 14.1 Å². The first-order chi connectivity index (χ1) is 10.3. The highest BCUT2D eigenvalue weighted by Crippen LogP contribution is 2.28. The van der Waals surface area contributed by atoms with E-state index in [9.17, 15) is 4.79 Å². The van der Waals surface area contributed by atoms with Crippen LogP contribution in [0.4, 0.5) is 0 Å². The first kappa shape index (κ1) is 15.2. The lowest BCUT2D eigenvalue weighted by molar-refractivity contribution is 0.0889. The van der Waals surface area contributed by atoms with Crippen molar-refractivity contribution in [3.63, 3.8) is 0 Å². The summed E-state index contributed by atoms with van der Waals surface area (Å²) in [5, 5.41) is 0. The van der Waals surface area contributed by atoms with Crippen LogP contribution in [0.3, 0.4) is 0 Å². The van der Waals surface area contributed by atoms with Crippen molar-refractivity contribution >= 4 is 5.65 Å². The number of hydrogen-bond donors (Lipinski definition) is 1. The molecule has 1 unspecified atom stereocenters. The van der Waals surface area contributed by atoms with Gasteiger partial charge in [-0.1, -0.05) is 19.9 Å². The van der Waals surface area contributed by atoms with Crippen molar-refractivity contribution in [1.29, 1.82) is 0 Å². The summed E-state index contributed by atoms with van der Waals surface area (Å²) in [6.45, 7) is 8.97. The van der Waals surface area contributed by atoms with Gasteiger partial charge < -0.3 is 5.73 Å². The van der Waals surface area contributed by atoms with Gasteiger partial charge in [0, 0.05) is 37.9 Å². The second-order valence-electron chi connectivity index (χ2n) is 7.11. The lowest BCUT2D eigenvalue weighted by atomic mass is 9.80. The molecular formula is C17H24N4O. The Balaban J connectivity index is 1.86. The lowest BCUT2D eigenvalue weighted by Gasteiger charge is -2.42. The van der Waals surface area contributed by atoms with Crippen LogP contribution in [0.1, 0.15) is 31.5 Å². The van der Waals surface area contributed by atoms with E-state index in [0.717, 1.165) is 30.8 Å². The molecule has 0 aromatic carbocycles. The minimum Gasteiger partial charge on any atom is -0.327 e. The van der Waals surface area contributed by atoms with Crippen molar-refractivity contribution in [3.8, 4) is 0 Å². The number of nitrogens with two attached hydrogens (primary N) is 1. The van der Waals surface area contributed by atoms with Crippen molar-refractivity contribution in [2.45, 2.75) is 39.8 Å². The molecule has 1 aliphatic rings. The van der Waals surface area contributed by atoms with Gasteiger partial charge in [-0.05, 0) is 30.4 Å². The van der Waals surface area contributed by atoms with Crippen LogP contribution in [0.25, 0.3) is 5.65 Å². The quantitative estimate of drug-likeness (QED) is 0.914. The molecule has 22 heavy (non-hydrogen) atoms. The van der Waals surface area contributed by atoms with Crippen molar-refractivity contribution in [2.75, 3.05) is 13.1 Å². The Bertz CT molecular complexity index is 750. The molecule has 118 valence electrons. The van der Waals surface area contributed by atoms with Gasteiger partial charge >= 0.3 is 0 Å². The van der Waals surface area contributed by atoms with E-state index in [-0.39, 0.29) is 17.0 Å². The fraction of sp³-hybridized carbons (Fsp3) is 0.529. The number of hydrogen-bond acceptors (Lipinski definition) is 4.